The highest BCUT2D eigenvalue weighted by atomic mass is 32.2. The average molecular weight is 523 g/mol. The molecule has 0 bridgehead atoms. The van der Waals surface area contributed by atoms with Crippen LogP contribution in [0, 0.1) is 0 Å². The lowest BCUT2D eigenvalue weighted by molar-refractivity contribution is -0.144. The van der Waals surface area contributed by atoms with E-state index in [1.807, 2.05) is 0 Å². The zero-order valence-corrected chi connectivity index (χ0v) is 19.7. The van der Waals surface area contributed by atoms with Crippen LogP contribution in [0.3, 0.4) is 0 Å². The number of carboxylic acid groups (broad SMARTS) is 4. The molecule has 0 aliphatic rings. The van der Waals surface area contributed by atoms with Crippen molar-refractivity contribution in [3.05, 3.63) is 0 Å². The molecule has 35 heavy (non-hydrogen) atoms. The zero-order valence-electron chi connectivity index (χ0n) is 18.9. The van der Waals surface area contributed by atoms with Crippen molar-refractivity contribution in [1.29, 1.82) is 0 Å². The van der Waals surface area contributed by atoms with Crippen LogP contribution in [0.4, 0.5) is 0 Å². The standard InChI is InChI=1S/C19H30N4O11S/c1-35-7-6-11(21-16(30)9(20)8-15(28)29)18(32)22-10(2-4-13(24)25)17(31)23-12(19(33)34)3-5-14(26)27/h9-12H,2-8,20H2,1H3,(H,21,30)(H,22,32)(H,23,31)(H,24,25)(H,26,27)(H,28,29)(H,33,34). The smallest absolute Gasteiger partial charge is 0.326 e. The predicted molar refractivity (Wildman–Crippen MR) is 120 cm³/mol. The Bertz CT molecular complexity index is 808. The molecule has 198 valence electrons. The van der Waals surface area contributed by atoms with Gasteiger partial charge in [-0.25, -0.2) is 4.79 Å². The minimum Gasteiger partial charge on any atom is -0.481 e. The highest BCUT2D eigenvalue weighted by Gasteiger charge is 2.31. The van der Waals surface area contributed by atoms with Crippen LogP contribution in [-0.2, 0) is 33.6 Å². The van der Waals surface area contributed by atoms with E-state index < -0.39 is 97.9 Å². The van der Waals surface area contributed by atoms with Crippen LogP contribution >= 0.6 is 11.8 Å². The van der Waals surface area contributed by atoms with E-state index in [9.17, 15) is 38.7 Å². The number of amides is 3. The molecule has 0 aromatic rings. The number of hydrogen-bond donors (Lipinski definition) is 8. The van der Waals surface area contributed by atoms with Gasteiger partial charge in [0.1, 0.15) is 18.1 Å². The molecule has 0 rings (SSSR count). The van der Waals surface area contributed by atoms with E-state index in [-0.39, 0.29) is 6.42 Å². The maximum Gasteiger partial charge on any atom is 0.326 e. The summed E-state index contributed by atoms with van der Waals surface area (Å²) >= 11 is 1.33. The summed E-state index contributed by atoms with van der Waals surface area (Å²) in [6.07, 6.45) is -0.941. The van der Waals surface area contributed by atoms with Crippen molar-refractivity contribution >= 4 is 53.4 Å². The quantitative estimate of drug-likeness (QED) is 0.0952. The second-order valence-electron chi connectivity index (χ2n) is 7.37. The van der Waals surface area contributed by atoms with Crippen LogP contribution < -0.4 is 21.7 Å². The minimum absolute atomic E-state index is 0.0577. The summed E-state index contributed by atoms with van der Waals surface area (Å²) in [5, 5.41) is 42.3. The van der Waals surface area contributed by atoms with E-state index >= 15 is 0 Å². The number of thioether (sulfide) groups is 1. The Morgan fingerprint density at radius 2 is 1.11 bits per heavy atom. The Balaban J connectivity index is 5.55. The van der Waals surface area contributed by atoms with Crippen molar-refractivity contribution in [2.24, 2.45) is 5.73 Å². The van der Waals surface area contributed by atoms with Gasteiger partial charge in [0.25, 0.3) is 0 Å². The molecule has 0 fully saturated rings. The first kappa shape index (κ1) is 31.6. The van der Waals surface area contributed by atoms with Crippen LogP contribution in [0.15, 0.2) is 0 Å². The first-order valence-electron chi connectivity index (χ1n) is 10.3. The van der Waals surface area contributed by atoms with Gasteiger partial charge in [-0.2, -0.15) is 11.8 Å². The van der Waals surface area contributed by atoms with Gasteiger partial charge in [-0.3, -0.25) is 28.8 Å². The van der Waals surface area contributed by atoms with Gasteiger partial charge in [-0.1, -0.05) is 0 Å². The molecule has 0 aromatic heterocycles. The summed E-state index contributed by atoms with van der Waals surface area (Å²) in [5.74, 6) is -7.99. The molecule has 0 heterocycles. The van der Waals surface area contributed by atoms with E-state index in [0.29, 0.717) is 5.75 Å². The molecule has 9 N–H and O–H groups in total. The number of nitrogens with one attached hydrogen (secondary N) is 3. The normalized spacial score (nSPS) is 14.0. The minimum atomic E-state index is -1.61. The number of nitrogens with two attached hydrogens (primary N) is 1. The van der Waals surface area contributed by atoms with E-state index in [1.54, 1.807) is 6.26 Å². The predicted octanol–water partition coefficient (Wildman–Crippen LogP) is -2.19. The van der Waals surface area contributed by atoms with Gasteiger partial charge in [0.2, 0.25) is 17.7 Å². The first-order chi connectivity index (χ1) is 16.3. The number of aliphatic carboxylic acids is 4. The number of hydrogen-bond acceptors (Lipinski definition) is 9. The monoisotopic (exact) mass is 522 g/mol. The lowest BCUT2D eigenvalue weighted by atomic mass is 10.1. The van der Waals surface area contributed by atoms with Crippen LogP contribution in [0.5, 0.6) is 0 Å². The fourth-order valence-electron chi connectivity index (χ4n) is 2.67. The van der Waals surface area contributed by atoms with Gasteiger partial charge in [0.15, 0.2) is 0 Å². The number of carbonyl (C=O) groups excluding carboxylic acids is 3. The maximum atomic E-state index is 12.8. The lowest BCUT2D eigenvalue weighted by Crippen LogP contribution is -2.57. The van der Waals surface area contributed by atoms with Gasteiger partial charge < -0.3 is 42.1 Å². The molecule has 0 aliphatic heterocycles. The summed E-state index contributed by atoms with van der Waals surface area (Å²) < 4.78 is 0. The SMILES string of the molecule is CSCCC(NC(=O)C(N)CC(=O)O)C(=O)NC(CCC(=O)O)C(=O)NC(CCC(=O)O)C(=O)O. The topological polar surface area (TPSA) is 263 Å². The van der Waals surface area contributed by atoms with Gasteiger partial charge in [-0.15, -0.1) is 0 Å². The highest BCUT2D eigenvalue weighted by Crippen LogP contribution is 2.06. The van der Waals surface area contributed by atoms with Crippen molar-refractivity contribution in [3.8, 4) is 0 Å². The summed E-state index contributed by atoms with van der Waals surface area (Å²) in [6.45, 7) is 0. The zero-order chi connectivity index (χ0) is 27.1. The number of rotatable bonds is 18. The Morgan fingerprint density at radius 3 is 1.54 bits per heavy atom. The van der Waals surface area contributed by atoms with Crippen molar-refractivity contribution in [2.75, 3.05) is 12.0 Å². The molecule has 0 aliphatic carbocycles. The molecular formula is C19H30N4O11S. The molecule has 0 spiro atoms. The molecule has 3 amide bonds. The average Bonchev–Trinajstić information content (AvgIpc) is 2.75. The van der Waals surface area contributed by atoms with Crippen LogP contribution in [0.1, 0.15) is 38.5 Å². The van der Waals surface area contributed by atoms with E-state index in [2.05, 4.69) is 16.0 Å². The number of carboxylic acids is 4. The van der Waals surface area contributed by atoms with E-state index in [1.165, 1.54) is 11.8 Å². The molecule has 15 nitrogen and oxygen atoms in total. The van der Waals surface area contributed by atoms with Gasteiger partial charge in [0.05, 0.1) is 12.5 Å². The summed E-state index contributed by atoms with van der Waals surface area (Å²) in [4.78, 5) is 81.4. The van der Waals surface area contributed by atoms with Crippen molar-refractivity contribution in [3.63, 3.8) is 0 Å². The van der Waals surface area contributed by atoms with Crippen LogP contribution in [0.25, 0.3) is 0 Å². The molecular weight excluding hydrogens is 492 g/mol. The molecule has 0 saturated carbocycles. The molecule has 0 radical (unpaired) electrons. The van der Waals surface area contributed by atoms with Crippen molar-refractivity contribution in [1.82, 2.24) is 16.0 Å². The molecule has 0 saturated heterocycles. The Labute approximate surface area is 204 Å². The second-order valence-corrected chi connectivity index (χ2v) is 8.36. The molecule has 16 heteroatoms. The fourth-order valence-corrected chi connectivity index (χ4v) is 3.14. The fraction of sp³-hybridized carbons (Fsp3) is 0.632. The third-order valence-corrected chi connectivity index (χ3v) is 5.16. The Hall–Kier alpha value is -3.40. The van der Waals surface area contributed by atoms with Gasteiger partial charge >= 0.3 is 23.9 Å². The summed E-state index contributed by atoms with van der Waals surface area (Å²) in [7, 11) is 0. The van der Waals surface area contributed by atoms with Gasteiger partial charge in [-0.05, 0) is 31.3 Å². The van der Waals surface area contributed by atoms with E-state index in [4.69, 9.17) is 21.1 Å². The lowest BCUT2D eigenvalue weighted by Gasteiger charge is -2.24. The highest BCUT2D eigenvalue weighted by molar-refractivity contribution is 7.98. The van der Waals surface area contributed by atoms with E-state index in [0.717, 1.165) is 0 Å². The van der Waals surface area contributed by atoms with Gasteiger partial charge in [0, 0.05) is 12.8 Å². The van der Waals surface area contributed by atoms with Crippen molar-refractivity contribution in [2.45, 2.75) is 62.7 Å². The maximum absolute atomic E-state index is 12.8. The third kappa shape index (κ3) is 13.8. The Morgan fingerprint density at radius 1 is 0.686 bits per heavy atom. The number of carbonyl (C=O) groups is 7. The van der Waals surface area contributed by atoms with Crippen LogP contribution in [-0.4, -0.2) is 98.2 Å². The third-order valence-electron chi connectivity index (χ3n) is 4.52. The Kier molecular flexibility index (Phi) is 14.7. The van der Waals surface area contributed by atoms with Crippen molar-refractivity contribution < 1.29 is 54.0 Å². The molecule has 4 atom stereocenters. The van der Waals surface area contributed by atoms with Crippen LogP contribution in [0.2, 0.25) is 0 Å². The summed E-state index contributed by atoms with van der Waals surface area (Å²) in [5.41, 5.74) is 5.50. The second kappa shape index (κ2) is 16.3. The molecule has 0 aromatic carbocycles. The first-order valence-corrected chi connectivity index (χ1v) is 11.7. The largest absolute Gasteiger partial charge is 0.481 e. The summed E-state index contributed by atoms with van der Waals surface area (Å²) in [6, 6.07) is -5.83. The molecule has 4 unspecified atom stereocenters.